The maximum atomic E-state index is 12.7. The number of fused-ring (bicyclic) bond motifs is 5. The van der Waals surface area contributed by atoms with Gasteiger partial charge in [0.25, 0.3) is 0 Å². The van der Waals surface area contributed by atoms with E-state index < -0.39 is 0 Å². The lowest BCUT2D eigenvalue weighted by Crippen LogP contribution is -2.46. The summed E-state index contributed by atoms with van der Waals surface area (Å²) < 4.78 is 6.00. The van der Waals surface area contributed by atoms with Gasteiger partial charge in [0.2, 0.25) is 0 Å². The van der Waals surface area contributed by atoms with Crippen molar-refractivity contribution in [3.8, 4) is 0 Å². The molecule has 0 heterocycles. The monoisotopic (exact) mass is 516 g/mol. The fraction of sp³-hybridized carbons (Fsp3) is 0.694. The van der Waals surface area contributed by atoms with Gasteiger partial charge in [0.1, 0.15) is 6.10 Å². The highest BCUT2D eigenvalue weighted by Crippen LogP contribution is 2.66. The van der Waals surface area contributed by atoms with Crippen LogP contribution in [0.4, 0.5) is 0 Å². The molecule has 1 aromatic carbocycles. The highest BCUT2D eigenvalue weighted by Gasteiger charge is 2.57. The van der Waals surface area contributed by atoms with Crippen LogP contribution in [0.3, 0.4) is 0 Å². The van der Waals surface area contributed by atoms with E-state index in [0.717, 1.165) is 48.9 Å². The smallest absolute Gasteiger partial charge is 0.338 e. The maximum absolute atomic E-state index is 12.7. The number of ether oxygens (including phenoxy) is 1. The van der Waals surface area contributed by atoms with Crippen LogP contribution < -0.4 is 0 Å². The Hall–Kier alpha value is -1.83. The first-order chi connectivity index (χ1) is 18.2. The zero-order chi connectivity index (χ0) is 27.1. The first-order valence-electron chi connectivity index (χ1n) is 15.8. The van der Waals surface area contributed by atoms with Crippen LogP contribution in [0.1, 0.15) is 116 Å². The van der Waals surface area contributed by atoms with E-state index in [9.17, 15) is 4.79 Å². The second-order valence-corrected chi connectivity index (χ2v) is 14.2. The fourth-order valence-corrected chi connectivity index (χ4v) is 9.53. The molecule has 2 heteroatoms. The fourth-order valence-electron chi connectivity index (χ4n) is 9.53. The van der Waals surface area contributed by atoms with E-state index in [1.807, 2.05) is 30.3 Å². The van der Waals surface area contributed by atoms with Gasteiger partial charge in [0.15, 0.2) is 0 Å². The summed E-state index contributed by atoms with van der Waals surface area (Å²) in [5.74, 6) is 4.63. The van der Waals surface area contributed by atoms with Gasteiger partial charge in [-0.2, -0.15) is 0 Å². The molecule has 3 fully saturated rings. The van der Waals surface area contributed by atoms with Crippen molar-refractivity contribution < 1.29 is 9.53 Å². The standard InChI is InChI=1S/C36H52O2/c1-7-26(24(2)3)14-13-25(4)31-17-18-32-30-16-15-28-23-29(38-34(37)27-11-9-8-10-12-27)19-21-35(28,5)33(30)20-22-36(31,32)6/h8-12,15-16,24-26,29,31-33H,7,13-14,17-23H2,1-6H3/t25-,26-,29+,31-,32+,33+,35+,36-/m1/s1. The molecule has 0 amide bonds. The summed E-state index contributed by atoms with van der Waals surface area (Å²) in [4.78, 5) is 12.7. The van der Waals surface area contributed by atoms with Crippen molar-refractivity contribution in [2.45, 2.75) is 112 Å². The van der Waals surface area contributed by atoms with E-state index in [1.54, 1.807) is 5.57 Å². The number of hydrogen-bond acceptors (Lipinski definition) is 2. The van der Waals surface area contributed by atoms with Gasteiger partial charge in [0, 0.05) is 6.42 Å². The van der Waals surface area contributed by atoms with Crippen molar-refractivity contribution in [3.63, 3.8) is 0 Å². The van der Waals surface area contributed by atoms with Gasteiger partial charge in [-0.15, -0.1) is 0 Å². The number of hydrogen-bond donors (Lipinski definition) is 0. The van der Waals surface area contributed by atoms with Gasteiger partial charge in [-0.3, -0.25) is 0 Å². The maximum Gasteiger partial charge on any atom is 0.338 e. The molecular weight excluding hydrogens is 464 g/mol. The Morgan fingerprint density at radius 3 is 2.42 bits per heavy atom. The Labute approximate surface area is 232 Å². The summed E-state index contributed by atoms with van der Waals surface area (Å²) in [5.41, 5.74) is 4.65. The van der Waals surface area contributed by atoms with E-state index in [1.165, 1.54) is 50.5 Å². The third kappa shape index (κ3) is 4.95. The lowest BCUT2D eigenvalue weighted by molar-refractivity contribution is 0.00559. The zero-order valence-corrected chi connectivity index (χ0v) is 25.0. The minimum atomic E-state index is -0.176. The van der Waals surface area contributed by atoms with Crippen LogP contribution >= 0.6 is 0 Å². The van der Waals surface area contributed by atoms with Gasteiger partial charge in [0.05, 0.1) is 5.56 Å². The highest BCUT2D eigenvalue weighted by molar-refractivity contribution is 5.89. The van der Waals surface area contributed by atoms with Crippen molar-refractivity contribution in [2.75, 3.05) is 0 Å². The number of allylic oxidation sites excluding steroid dienone is 3. The van der Waals surface area contributed by atoms with Crippen LogP contribution in [0.2, 0.25) is 0 Å². The Morgan fingerprint density at radius 1 is 0.947 bits per heavy atom. The van der Waals surface area contributed by atoms with Gasteiger partial charge in [-0.05, 0) is 103 Å². The molecule has 38 heavy (non-hydrogen) atoms. The van der Waals surface area contributed by atoms with Gasteiger partial charge in [-0.1, -0.05) is 95.9 Å². The van der Waals surface area contributed by atoms with Crippen molar-refractivity contribution in [1.82, 2.24) is 0 Å². The van der Waals surface area contributed by atoms with Crippen LogP contribution in [0, 0.1) is 46.3 Å². The summed E-state index contributed by atoms with van der Waals surface area (Å²) >= 11 is 0. The number of carbonyl (C=O) groups is 1. The predicted octanol–water partition coefficient (Wildman–Crippen LogP) is 9.81. The average Bonchev–Trinajstić information content (AvgIpc) is 3.26. The van der Waals surface area contributed by atoms with Gasteiger partial charge < -0.3 is 4.74 Å². The van der Waals surface area contributed by atoms with E-state index in [-0.39, 0.29) is 17.5 Å². The van der Waals surface area contributed by atoms with E-state index in [0.29, 0.717) is 16.9 Å². The molecule has 3 saturated carbocycles. The largest absolute Gasteiger partial charge is 0.458 e. The Kier molecular flexibility index (Phi) is 8.01. The third-order valence-corrected chi connectivity index (χ3v) is 12.0. The Bertz CT molecular complexity index is 1050. The lowest BCUT2D eigenvalue weighted by Gasteiger charge is -2.55. The number of carbonyl (C=O) groups excluding carboxylic acids is 1. The third-order valence-electron chi connectivity index (χ3n) is 12.0. The molecule has 0 aliphatic heterocycles. The molecule has 0 N–H and O–H groups in total. The molecule has 208 valence electrons. The van der Waals surface area contributed by atoms with E-state index in [4.69, 9.17) is 4.74 Å². The van der Waals surface area contributed by atoms with Crippen molar-refractivity contribution in [1.29, 1.82) is 0 Å². The molecular formula is C36H52O2. The molecule has 2 nitrogen and oxygen atoms in total. The Balaban J connectivity index is 1.28. The summed E-state index contributed by atoms with van der Waals surface area (Å²) in [6.45, 7) is 15.0. The second kappa shape index (κ2) is 11.0. The zero-order valence-electron chi connectivity index (χ0n) is 25.0. The van der Waals surface area contributed by atoms with Crippen LogP contribution in [0.5, 0.6) is 0 Å². The van der Waals surface area contributed by atoms with Crippen LogP contribution in [-0.4, -0.2) is 12.1 Å². The minimum absolute atomic E-state index is 0.000309. The van der Waals surface area contributed by atoms with Crippen LogP contribution in [0.25, 0.3) is 0 Å². The van der Waals surface area contributed by atoms with E-state index in [2.05, 4.69) is 53.7 Å². The van der Waals surface area contributed by atoms with Crippen LogP contribution in [-0.2, 0) is 4.74 Å². The van der Waals surface area contributed by atoms with Crippen molar-refractivity contribution in [2.24, 2.45) is 46.3 Å². The molecule has 0 saturated heterocycles. The molecule has 4 aliphatic carbocycles. The Morgan fingerprint density at radius 2 is 1.71 bits per heavy atom. The van der Waals surface area contributed by atoms with Gasteiger partial charge in [-0.25, -0.2) is 4.79 Å². The molecule has 0 spiro atoms. The first kappa shape index (κ1) is 27.7. The molecule has 4 aliphatic rings. The molecule has 5 rings (SSSR count). The molecule has 8 atom stereocenters. The quantitative estimate of drug-likeness (QED) is 0.321. The van der Waals surface area contributed by atoms with E-state index >= 15 is 0 Å². The second-order valence-electron chi connectivity index (χ2n) is 14.2. The topological polar surface area (TPSA) is 26.3 Å². The van der Waals surface area contributed by atoms with Crippen molar-refractivity contribution >= 4 is 5.97 Å². The van der Waals surface area contributed by atoms with Crippen molar-refractivity contribution in [3.05, 3.63) is 59.2 Å². The minimum Gasteiger partial charge on any atom is -0.458 e. The molecule has 0 aromatic heterocycles. The molecule has 0 unspecified atom stereocenters. The molecule has 0 radical (unpaired) electrons. The van der Waals surface area contributed by atoms with Crippen LogP contribution in [0.15, 0.2) is 53.6 Å². The lowest BCUT2D eigenvalue weighted by atomic mass is 9.50. The molecule has 0 bridgehead atoms. The number of esters is 1. The SMILES string of the molecule is CC[C@H](CC[C@@H](C)[C@H]1CC[C@H]2C3=CC=C4C[C@@H](OC(=O)c5ccccc5)CC[C@]4(C)[C@H]3CC[C@]12C)C(C)C. The average molecular weight is 517 g/mol. The summed E-state index contributed by atoms with van der Waals surface area (Å²) in [7, 11) is 0. The summed E-state index contributed by atoms with van der Waals surface area (Å²) in [6, 6.07) is 9.46. The number of benzene rings is 1. The van der Waals surface area contributed by atoms with Gasteiger partial charge >= 0.3 is 5.97 Å². The highest BCUT2D eigenvalue weighted by atomic mass is 16.5. The molecule has 1 aromatic rings. The normalized spacial score (nSPS) is 35.9. The first-order valence-corrected chi connectivity index (χ1v) is 15.8. The predicted molar refractivity (Wildman–Crippen MR) is 158 cm³/mol. The summed E-state index contributed by atoms with van der Waals surface area (Å²) in [6.07, 6.45) is 17.6. The summed E-state index contributed by atoms with van der Waals surface area (Å²) in [5, 5.41) is 0. The number of rotatable bonds is 8.